The number of ether oxygens (including phenoxy) is 1. The number of amides is 2. The molecule has 2 N–H and O–H groups in total. The van der Waals surface area contributed by atoms with E-state index in [1.165, 1.54) is 0 Å². The van der Waals surface area contributed by atoms with Crippen LogP contribution in [0.4, 0.5) is 4.79 Å². The van der Waals surface area contributed by atoms with E-state index >= 15 is 0 Å². The number of carbonyl (C=O) groups excluding carboxylic acids is 1. The minimum absolute atomic E-state index is 0.0744. The molecule has 2 aromatic rings. The topological polar surface area (TPSA) is 68.2 Å². The van der Waals surface area contributed by atoms with Crippen molar-refractivity contribution in [3.8, 4) is 0 Å². The molecule has 124 valence electrons. The van der Waals surface area contributed by atoms with E-state index < -0.39 is 0 Å². The zero-order valence-electron chi connectivity index (χ0n) is 13.3. The van der Waals surface area contributed by atoms with Gasteiger partial charge in [-0.1, -0.05) is 11.6 Å². The first-order chi connectivity index (χ1) is 11.0. The fraction of sp³-hybridized carbons (Fsp3) is 0.500. The quantitative estimate of drug-likeness (QED) is 0.899. The van der Waals surface area contributed by atoms with Gasteiger partial charge in [-0.3, -0.25) is 0 Å². The molecule has 1 saturated heterocycles. The Hall–Kier alpha value is -1.79. The number of fused-ring (bicyclic) bond motifs is 1. The highest BCUT2D eigenvalue weighted by Crippen LogP contribution is 2.19. The summed E-state index contributed by atoms with van der Waals surface area (Å²) in [6.45, 7) is 3.20. The average Bonchev–Trinajstić information content (AvgIpc) is 3.03. The zero-order chi connectivity index (χ0) is 16.4. The summed E-state index contributed by atoms with van der Waals surface area (Å²) < 4.78 is 7.46. The predicted molar refractivity (Wildman–Crippen MR) is 89.8 cm³/mol. The number of aromatic nitrogens is 2. The normalized spacial score (nSPS) is 20.8. The van der Waals surface area contributed by atoms with Crippen molar-refractivity contribution in [2.75, 3.05) is 13.2 Å². The molecule has 23 heavy (non-hydrogen) atoms. The second-order valence-electron chi connectivity index (χ2n) is 5.84. The van der Waals surface area contributed by atoms with Crippen molar-refractivity contribution in [3.05, 3.63) is 29.0 Å². The lowest BCUT2D eigenvalue weighted by molar-refractivity contribution is 0.114. The summed E-state index contributed by atoms with van der Waals surface area (Å²) in [5.74, 6) is 0.917. The van der Waals surface area contributed by atoms with Gasteiger partial charge in [-0.15, -0.1) is 0 Å². The third kappa shape index (κ3) is 3.59. The van der Waals surface area contributed by atoms with Crippen molar-refractivity contribution in [1.82, 2.24) is 20.2 Å². The van der Waals surface area contributed by atoms with Crippen molar-refractivity contribution in [1.29, 1.82) is 0 Å². The van der Waals surface area contributed by atoms with Crippen LogP contribution >= 0.6 is 11.6 Å². The molecule has 2 amide bonds. The molecule has 0 bridgehead atoms. The van der Waals surface area contributed by atoms with Crippen LogP contribution in [0.1, 0.15) is 19.2 Å². The van der Waals surface area contributed by atoms with Crippen molar-refractivity contribution < 1.29 is 9.53 Å². The molecule has 0 radical (unpaired) electrons. The lowest BCUT2D eigenvalue weighted by Gasteiger charge is -2.16. The van der Waals surface area contributed by atoms with Gasteiger partial charge in [0.1, 0.15) is 5.82 Å². The summed E-state index contributed by atoms with van der Waals surface area (Å²) in [5, 5.41) is 6.49. The van der Waals surface area contributed by atoms with Gasteiger partial charge in [0.05, 0.1) is 23.2 Å². The molecule has 3 rings (SSSR count). The molecular weight excluding hydrogens is 316 g/mol. The fourth-order valence-corrected chi connectivity index (χ4v) is 3.04. The summed E-state index contributed by atoms with van der Waals surface area (Å²) in [7, 11) is 1.97. The average molecular weight is 337 g/mol. The number of halogens is 1. The third-order valence-electron chi connectivity index (χ3n) is 4.26. The van der Waals surface area contributed by atoms with E-state index in [2.05, 4.69) is 15.6 Å². The van der Waals surface area contributed by atoms with Crippen LogP contribution in [0.15, 0.2) is 18.2 Å². The first-order valence-corrected chi connectivity index (χ1v) is 8.19. The maximum atomic E-state index is 11.9. The number of hydrogen-bond acceptors (Lipinski definition) is 3. The Morgan fingerprint density at radius 3 is 3.09 bits per heavy atom. The Kier molecular flexibility index (Phi) is 4.73. The molecule has 0 spiro atoms. The first-order valence-electron chi connectivity index (χ1n) is 7.81. The second kappa shape index (κ2) is 6.76. The van der Waals surface area contributed by atoms with Gasteiger partial charge >= 0.3 is 6.03 Å². The number of urea groups is 1. The molecule has 2 unspecified atom stereocenters. The Labute approximate surface area is 140 Å². The lowest BCUT2D eigenvalue weighted by Crippen LogP contribution is -2.45. The van der Waals surface area contributed by atoms with Gasteiger partial charge < -0.3 is 19.9 Å². The van der Waals surface area contributed by atoms with Crippen LogP contribution in [0, 0.1) is 0 Å². The number of benzene rings is 1. The van der Waals surface area contributed by atoms with Gasteiger partial charge in [0.2, 0.25) is 0 Å². The van der Waals surface area contributed by atoms with Crippen molar-refractivity contribution in [2.24, 2.45) is 7.05 Å². The molecule has 1 aromatic heterocycles. The van der Waals surface area contributed by atoms with E-state index in [9.17, 15) is 4.79 Å². The molecule has 1 aliphatic heterocycles. The molecular formula is C16H21ClN4O2. The van der Waals surface area contributed by atoms with Crippen LogP contribution in [0.3, 0.4) is 0 Å². The summed E-state index contributed by atoms with van der Waals surface area (Å²) in [6, 6.07) is 5.59. The number of nitrogens with zero attached hydrogens (tertiary/aromatic N) is 2. The first kappa shape index (κ1) is 16.1. The molecule has 6 nitrogen and oxygen atoms in total. The molecule has 0 aliphatic carbocycles. The number of hydrogen-bond donors (Lipinski definition) is 2. The molecule has 1 fully saturated rings. The molecule has 0 saturated carbocycles. The van der Waals surface area contributed by atoms with Gasteiger partial charge in [0.25, 0.3) is 0 Å². The monoisotopic (exact) mass is 336 g/mol. The Morgan fingerprint density at radius 1 is 1.52 bits per heavy atom. The Bertz CT molecular complexity index is 715. The second-order valence-corrected chi connectivity index (χ2v) is 6.28. The van der Waals surface area contributed by atoms with E-state index in [1.54, 1.807) is 0 Å². The van der Waals surface area contributed by atoms with E-state index in [-0.39, 0.29) is 18.2 Å². The number of aryl methyl sites for hydroxylation is 1. The summed E-state index contributed by atoms with van der Waals surface area (Å²) in [6.07, 6.45) is 1.60. The van der Waals surface area contributed by atoms with Crippen molar-refractivity contribution >= 4 is 28.7 Å². The third-order valence-corrected chi connectivity index (χ3v) is 4.50. The van der Waals surface area contributed by atoms with Crippen LogP contribution in [-0.4, -0.2) is 40.9 Å². The predicted octanol–water partition coefficient (Wildman–Crippen LogP) is 2.25. The zero-order valence-corrected chi connectivity index (χ0v) is 14.1. The SMILES string of the molecule is CC1OCCC1NC(=O)NCCc1nc2cc(Cl)ccc2n1C. The standard InChI is InChI=1S/C16H21ClN4O2/c1-10-12(6-8-23-10)20-16(22)18-7-5-15-19-13-9-11(17)3-4-14(13)21(15)2/h3-4,9-10,12H,5-8H2,1-2H3,(H2,18,20,22). The van der Waals surface area contributed by atoms with E-state index in [4.69, 9.17) is 16.3 Å². The van der Waals surface area contributed by atoms with Gasteiger partial charge in [-0.05, 0) is 31.5 Å². The number of rotatable bonds is 4. The summed E-state index contributed by atoms with van der Waals surface area (Å²) in [4.78, 5) is 16.5. The maximum absolute atomic E-state index is 11.9. The highest BCUT2D eigenvalue weighted by atomic mass is 35.5. The highest BCUT2D eigenvalue weighted by Gasteiger charge is 2.25. The van der Waals surface area contributed by atoms with Crippen LogP contribution in [-0.2, 0) is 18.2 Å². The van der Waals surface area contributed by atoms with Gasteiger partial charge in [0.15, 0.2) is 0 Å². The maximum Gasteiger partial charge on any atom is 0.315 e. The summed E-state index contributed by atoms with van der Waals surface area (Å²) >= 11 is 5.99. The smallest absolute Gasteiger partial charge is 0.315 e. The van der Waals surface area contributed by atoms with Gasteiger partial charge in [-0.2, -0.15) is 0 Å². The number of imidazole rings is 1. The highest BCUT2D eigenvalue weighted by molar-refractivity contribution is 6.31. The largest absolute Gasteiger partial charge is 0.376 e. The Balaban J connectivity index is 1.54. The van der Waals surface area contributed by atoms with Gasteiger partial charge in [-0.25, -0.2) is 9.78 Å². The molecule has 1 aromatic carbocycles. The summed E-state index contributed by atoms with van der Waals surface area (Å²) in [5.41, 5.74) is 1.90. The Morgan fingerprint density at radius 2 is 2.35 bits per heavy atom. The number of nitrogens with one attached hydrogen (secondary N) is 2. The van der Waals surface area contributed by atoms with E-state index in [1.807, 2.05) is 36.7 Å². The van der Waals surface area contributed by atoms with Crippen molar-refractivity contribution in [3.63, 3.8) is 0 Å². The van der Waals surface area contributed by atoms with Crippen molar-refractivity contribution in [2.45, 2.75) is 31.9 Å². The molecule has 2 atom stereocenters. The minimum atomic E-state index is -0.158. The fourth-order valence-electron chi connectivity index (χ4n) is 2.87. The number of carbonyl (C=O) groups is 1. The molecule has 7 heteroatoms. The molecule has 2 heterocycles. The van der Waals surface area contributed by atoms with Crippen LogP contribution in [0.2, 0.25) is 5.02 Å². The van der Waals surface area contributed by atoms with Gasteiger partial charge in [0, 0.05) is 31.6 Å². The van der Waals surface area contributed by atoms with Crippen LogP contribution in [0.5, 0.6) is 0 Å². The minimum Gasteiger partial charge on any atom is -0.376 e. The van der Waals surface area contributed by atoms with E-state index in [0.717, 1.165) is 23.3 Å². The lowest BCUT2D eigenvalue weighted by atomic mass is 10.2. The molecule has 1 aliphatic rings. The van der Waals surface area contributed by atoms with Crippen LogP contribution < -0.4 is 10.6 Å². The van der Waals surface area contributed by atoms with Crippen LogP contribution in [0.25, 0.3) is 11.0 Å². The van der Waals surface area contributed by atoms with E-state index in [0.29, 0.717) is 24.6 Å².